The number of unbranched alkanes of at least 4 members (excludes halogenated alkanes) is 11. The smallest absolute Gasteiger partial charge is 0.316 e. The van der Waals surface area contributed by atoms with Crippen molar-refractivity contribution in [2.45, 2.75) is 162 Å². The zero-order chi connectivity index (χ0) is 27.5. The number of rotatable bonds is 23. The molecule has 0 rings (SSSR count). The molecule has 2 atom stereocenters. The van der Waals surface area contributed by atoms with Crippen LogP contribution < -0.4 is 0 Å². The molecular formula is C30H62O4Si2. The van der Waals surface area contributed by atoms with Crippen molar-refractivity contribution in [1.82, 2.24) is 0 Å². The highest BCUT2D eigenvalue weighted by atomic mass is 28.4. The fourth-order valence-corrected chi connectivity index (χ4v) is 6.45. The van der Waals surface area contributed by atoms with E-state index in [1.54, 1.807) is 0 Å². The summed E-state index contributed by atoms with van der Waals surface area (Å²) in [6.07, 6.45) is 20.3. The lowest BCUT2D eigenvalue weighted by Crippen LogP contribution is -2.34. The van der Waals surface area contributed by atoms with Crippen LogP contribution in [-0.4, -0.2) is 35.3 Å². The first-order valence-electron chi connectivity index (χ1n) is 15.2. The minimum Gasteiger partial charge on any atom is -0.547 e. The maximum atomic E-state index is 13.1. The van der Waals surface area contributed by atoms with E-state index in [4.69, 9.17) is 13.6 Å². The number of ether oxygens (including phenoxy) is 1. The van der Waals surface area contributed by atoms with E-state index in [1.807, 2.05) is 6.92 Å². The Labute approximate surface area is 227 Å². The van der Waals surface area contributed by atoms with Crippen LogP contribution >= 0.6 is 0 Å². The molecule has 0 fully saturated rings. The molecule has 1 unspecified atom stereocenters. The summed E-state index contributed by atoms with van der Waals surface area (Å²) >= 11 is 0. The first kappa shape index (κ1) is 35.4. The van der Waals surface area contributed by atoms with Crippen LogP contribution in [0.5, 0.6) is 0 Å². The minimum absolute atomic E-state index is 0.000129. The van der Waals surface area contributed by atoms with E-state index < -0.39 is 16.6 Å². The topological polar surface area (TPSA) is 44.8 Å². The molecule has 0 aromatic heterocycles. The van der Waals surface area contributed by atoms with E-state index in [0.717, 1.165) is 37.9 Å². The van der Waals surface area contributed by atoms with Gasteiger partial charge in [0.05, 0.1) is 18.5 Å². The molecule has 0 N–H and O–H groups in total. The molecule has 0 aliphatic carbocycles. The standard InChI is InChI=1S/C30H62O4Si2/c1-10-13-15-17-18-19-20-21-22-24-27(33-35(4,5)6)26-29(34-36(7,8)9)28(30(31)32-12-3)25-23-16-14-11-2/h26-28H,10-25H2,1-9H3/t27-,28?/m1/s1. The number of carbonyl (C=O) groups excluding carboxylic acids is 1. The third-order valence-corrected chi connectivity index (χ3v) is 7.99. The highest BCUT2D eigenvalue weighted by molar-refractivity contribution is 6.70. The fraction of sp³-hybridized carbons (Fsp3) is 0.900. The Morgan fingerprint density at radius 1 is 0.667 bits per heavy atom. The van der Waals surface area contributed by atoms with Gasteiger partial charge < -0.3 is 13.6 Å². The van der Waals surface area contributed by atoms with Crippen molar-refractivity contribution in [3.05, 3.63) is 11.8 Å². The van der Waals surface area contributed by atoms with Crippen molar-refractivity contribution < 1.29 is 18.4 Å². The Bertz CT molecular complexity index is 578. The predicted molar refractivity (Wildman–Crippen MR) is 161 cm³/mol. The van der Waals surface area contributed by atoms with Crippen molar-refractivity contribution in [3.8, 4) is 0 Å². The molecule has 0 bridgehead atoms. The number of hydrogen-bond donors (Lipinski definition) is 0. The summed E-state index contributed by atoms with van der Waals surface area (Å²) in [6, 6.07) is 0. The summed E-state index contributed by atoms with van der Waals surface area (Å²) < 4.78 is 18.8. The van der Waals surface area contributed by atoms with E-state index in [2.05, 4.69) is 59.2 Å². The summed E-state index contributed by atoms with van der Waals surface area (Å²) in [6.45, 7) is 20.1. The number of carbonyl (C=O) groups is 1. The SMILES string of the molecule is CCCCCCCCCCC[C@H](C=C(O[Si](C)(C)C)C(CCCCCC)C(=O)OCC)O[Si](C)(C)C. The minimum atomic E-state index is -1.92. The van der Waals surface area contributed by atoms with E-state index in [0.29, 0.717) is 6.61 Å². The van der Waals surface area contributed by atoms with E-state index in [-0.39, 0.29) is 18.0 Å². The maximum Gasteiger partial charge on any atom is 0.316 e. The normalized spacial score (nSPS) is 14.5. The highest BCUT2D eigenvalue weighted by Gasteiger charge is 2.31. The molecular weight excluding hydrogens is 480 g/mol. The second-order valence-corrected chi connectivity index (χ2v) is 21.2. The number of hydrogen-bond acceptors (Lipinski definition) is 4. The molecule has 0 saturated heterocycles. The lowest BCUT2D eigenvalue weighted by molar-refractivity contribution is -0.147. The summed E-state index contributed by atoms with van der Waals surface area (Å²) in [5, 5.41) is 0. The molecule has 0 saturated carbocycles. The molecule has 4 nitrogen and oxygen atoms in total. The molecule has 0 heterocycles. The Hall–Kier alpha value is -0.596. The van der Waals surface area contributed by atoms with Crippen molar-refractivity contribution in [2.75, 3.05) is 6.61 Å². The van der Waals surface area contributed by atoms with Crippen LogP contribution in [-0.2, 0) is 18.4 Å². The summed E-state index contributed by atoms with van der Waals surface area (Å²) in [4.78, 5) is 13.1. The summed E-state index contributed by atoms with van der Waals surface area (Å²) in [7, 11) is -3.67. The third-order valence-electron chi connectivity index (χ3n) is 6.13. The van der Waals surface area contributed by atoms with E-state index >= 15 is 0 Å². The molecule has 36 heavy (non-hydrogen) atoms. The molecule has 0 radical (unpaired) electrons. The zero-order valence-corrected chi connectivity index (χ0v) is 27.7. The van der Waals surface area contributed by atoms with Crippen LogP contribution in [0, 0.1) is 5.92 Å². The van der Waals surface area contributed by atoms with Gasteiger partial charge in [-0.3, -0.25) is 4.79 Å². The lowest BCUT2D eigenvalue weighted by Gasteiger charge is -2.30. The molecule has 0 spiro atoms. The second kappa shape index (κ2) is 20.4. The van der Waals surface area contributed by atoms with Crippen molar-refractivity contribution >= 4 is 22.6 Å². The van der Waals surface area contributed by atoms with Gasteiger partial charge in [0.1, 0.15) is 5.92 Å². The molecule has 214 valence electrons. The number of esters is 1. The van der Waals surface area contributed by atoms with Crippen LogP contribution in [0.15, 0.2) is 11.8 Å². The van der Waals surface area contributed by atoms with E-state index in [9.17, 15) is 4.79 Å². The Balaban J connectivity index is 5.47. The van der Waals surface area contributed by atoms with Gasteiger partial charge in [-0.25, -0.2) is 0 Å². The average Bonchev–Trinajstić information content (AvgIpc) is 2.75. The zero-order valence-electron chi connectivity index (χ0n) is 25.7. The average molecular weight is 543 g/mol. The molecule has 0 aliphatic heterocycles. The van der Waals surface area contributed by atoms with Gasteiger partial charge >= 0.3 is 5.97 Å². The second-order valence-electron chi connectivity index (χ2n) is 12.3. The third kappa shape index (κ3) is 20.5. The highest BCUT2D eigenvalue weighted by Crippen LogP contribution is 2.28. The van der Waals surface area contributed by atoms with Gasteiger partial charge in [-0.15, -0.1) is 0 Å². The predicted octanol–water partition coefficient (Wildman–Crippen LogP) is 10.0. The van der Waals surface area contributed by atoms with E-state index in [1.165, 1.54) is 64.2 Å². The van der Waals surface area contributed by atoms with Gasteiger partial charge in [-0.05, 0) is 65.1 Å². The lowest BCUT2D eigenvalue weighted by atomic mass is 9.97. The quantitative estimate of drug-likeness (QED) is 0.0557. The molecule has 0 aliphatic rings. The summed E-state index contributed by atoms with van der Waals surface area (Å²) in [5.74, 6) is 0.334. The van der Waals surface area contributed by atoms with Crippen LogP contribution in [0.25, 0.3) is 0 Å². The fourth-order valence-electron chi connectivity index (χ4n) is 4.44. The van der Waals surface area contributed by atoms with Gasteiger partial charge in [0.2, 0.25) is 8.32 Å². The molecule has 6 heteroatoms. The molecule has 0 aromatic carbocycles. The Morgan fingerprint density at radius 3 is 1.61 bits per heavy atom. The summed E-state index contributed by atoms with van der Waals surface area (Å²) in [5.41, 5.74) is 0. The van der Waals surface area contributed by atoms with Gasteiger partial charge in [0.25, 0.3) is 0 Å². The van der Waals surface area contributed by atoms with Gasteiger partial charge in [0.15, 0.2) is 8.32 Å². The molecule has 0 amide bonds. The van der Waals surface area contributed by atoms with Gasteiger partial charge in [-0.1, -0.05) is 97.3 Å². The van der Waals surface area contributed by atoms with Crippen LogP contribution in [0.4, 0.5) is 0 Å². The Morgan fingerprint density at radius 2 is 1.14 bits per heavy atom. The van der Waals surface area contributed by atoms with Crippen LogP contribution in [0.2, 0.25) is 39.3 Å². The maximum absolute atomic E-state index is 13.1. The van der Waals surface area contributed by atoms with Gasteiger partial charge in [0, 0.05) is 0 Å². The monoisotopic (exact) mass is 542 g/mol. The molecule has 0 aromatic rings. The van der Waals surface area contributed by atoms with Gasteiger partial charge in [-0.2, -0.15) is 0 Å². The van der Waals surface area contributed by atoms with Crippen LogP contribution in [0.1, 0.15) is 117 Å². The van der Waals surface area contributed by atoms with Crippen molar-refractivity contribution in [3.63, 3.8) is 0 Å². The largest absolute Gasteiger partial charge is 0.547 e. The first-order valence-corrected chi connectivity index (χ1v) is 22.0. The van der Waals surface area contributed by atoms with Crippen LogP contribution in [0.3, 0.4) is 0 Å². The Kier molecular flexibility index (Phi) is 20.0. The van der Waals surface area contributed by atoms with Crippen molar-refractivity contribution in [2.24, 2.45) is 5.92 Å². The van der Waals surface area contributed by atoms with Crippen molar-refractivity contribution in [1.29, 1.82) is 0 Å². The first-order chi connectivity index (χ1) is 16.9.